The van der Waals surface area contributed by atoms with E-state index >= 15 is 0 Å². The fourth-order valence-corrected chi connectivity index (χ4v) is 2.02. The van der Waals surface area contributed by atoms with Crippen LogP contribution in [0.15, 0.2) is 54.6 Å². The van der Waals surface area contributed by atoms with Gasteiger partial charge in [-0.05, 0) is 29.8 Å². The van der Waals surface area contributed by atoms with Gasteiger partial charge < -0.3 is 4.74 Å². The molecule has 0 saturated heterocycles. The summed E-state index contributed by atoms with van der Waals surface area (Å²) in [5, 5.41) is 0.531. The monoisotopic (exact) mass is 332 g/mol. The van der Waals surface area contributed by atoms with Crippen molar-refractivity contribution in [3.05, 3.63) is 70.7 Å². The number of carbonyl (C=O) groups excluding carboxylic acids is 2. The molecule has 0 aliphatic carbocycles. The number of ether oxygens (including phenoxy) is 1. The summed E-state index contributed by atoms with van der Waals surface area (Å²) < 4.78 is 5.08. The van der Waals surface area contributed by atoms with Gasteiger partial charge in [0.25, 0.3) is 5.91 Å². The second-order valence-corrected chi connectivity index (χ2v) is 5.43. The van der Waals surface area contributed by atoms with E-state index in [0.29, 0.717) is 10.6 Å². The number of rotatable bonds is 4. The molecule has 120 valence electrons. The number of hydrogen-bond acceptors (Lipinski definition) is 3. The molecule has 2 amide bonds. The summed E-state index contributed by atoms with van der Waals surface area (Å²) in [6.07, 6.45) is -0.713. The van der Waals surface area contributed by atoms with Crippen LogP contribution < -0.4 is 10.9 Å². The third kappa shape index (κ3) is 5.30. The second-order valence-electron chi connectivity index (χ2n) is 5.00. The van der Waals surface area contributed by atoms with E-state index < -0.39 is 12.0 Å². The van der Waals surface area contributed by atoms with Gasteiger partial charge in [-0.3, -0.25) is 10.2 Å². The highest BCUT2D eigenvalue weighted by molar-refractivity contribution is 6.30. The molecule has 0 aliphatic rings. The lowest BCUT2D eigenvalue weighted by atomic mass is 10.0. The van der Waals surface area contributed by atoms with Crippen LogP contribution in [0.3, 0.4) is 0 Å². The van der Waals surface area contributed by atoms with Gasteiger partial charge >= 0.3 is 6.09 Å². The van der Waals surface area contributed by atoms with E-state index in [-0.39, 0.29) is 12.5 Å². The maximum absolute atomic E-state index is 11.8. The highest BCUT2D eigenvalue weighted by atomic mass is 35.5. The van der Waals surface area contributed by atoms with Gasteiger partial charge in [0.05, 0.1) is 6.61 Å². The largest absolute Gasteiger partial charge is 0.448 e. The van der Waals surface area contributed by atoms with Crippen LogP contribution in [-0.4, -0.2) is 18.6 Å². The van der Waals surface area contributed by atoms with Crippen LogP contribution in [0.4, 0.5) is 4.79 Å². The van der Waals surface area contributed by atoms with Crippen LogP contribution in [-0.2, 0) is 4.74 Å². The first-order valence-electron chi connectivity index (χ1n) is 7.10. The average Bonchev–Trinajstić information content (AvgIpc) is 2.59. The molecule has 0 aliphatic heterocycles. The minimum absolute atomic E-state index is 0.0638. The molecule has 2 rings (SSSR count). The molecule has 0 radical (unpaired) electrons. The average molecular weight is 333 g/mol. The zero-order valence-electron chi connectivity index (χ0n) is 12.6. The van der Waals surface area contributed by atoms with Crippen LogP contribution in [0.25, 0.3) is 0 Å². The Morgan fingerprint density at radius 3 is 2.35 bits per heavy atom. The van der Waals surface area contributed by atoms with Crippen molar-refractivity contribution >= 4 is 23.6 Å². The van der Waals surface area contributed by atoms with Gasteiger partial charge in [-0.2, -0.15) is 0 Å². The van der Waals surface area contributed by atoms with Crippen molar-refractivity contribution in [1.82, 2.24) is 10.9 Å². The van der Waals surface area contributed by atoms with Gasteiger partial charge in [-0.15, -0.1) is 0 Å². The Bertz CT molecular complexity index is 659. The Morgan fingerprint density at radius 1 is 1.04 bits per heavy atom. The summed E-state index contributed by atoms with van der Waals surface area (Å²) in [5.41, 5.74) is 5.94. The van der Waals surface area contributed by atoms with Crippen molar-refractivity contribution < 1.29 is 14.3 Å². The third-order valence-corrected chi connectivity index (χ3v) is 3.47. The van der Waals surface area contributed by atoms with E-state index in [1.54, 1.807) is 24.3 Å². The predicted octanol–water partition coefficient (Wildman–Crippen LogP) is 3.51. The molecule has 0 bridgehead atoms. The molecule has 1 unspecified atom stereocenters. The summed E-state index contributed by atoms with van der Waals surface area (Å²) in [5.74, 6) is -0.386. The van der Waals surface area contributed by atoms with Gasteiger partial charge in [0.15, 0.2) is 0 Å². The van der Waals surface area contributed by atoms with Crippen LogP contribution in [0, 0.1) is 0 Å². The third-order valence-electron chi connectivity index (χ3n) is 3.22. The molecule has 5 nitrogen and oxygen atoms in total. The highest BCUT2D eigenvalue weighted by Crippen LogP contribution is 2.14. The second kappa shape index (κ2) is 8.19. The molecule has 23 heavy (non-hydrogen) atoms. The van der Waals surface area contributed by atoms with Gasteiger partial charge in [0, 0.05) is 16.5 Å². The lowest BCUT2D eigenvalue weighted by molar-refractivity contribution is 0.0906. The van der Waals surface area contributed by atoms with Gasteiger partial charge in [-0.25, -0.2) is 10.2 Å². The molecule has 0 fully saturated rings. The molecule has 0 aromatic heterocycles. The number of benzene rings is 2. The van der Waals surface area contributed by atoms with E-state index in [0.717, 1.165) is 5.56 Å². The van der Waals surface area contributed by atoms with E-state index in [1.165, 1.54) is 0 Å². The molecule has 1 atom stereocenters. The Labute approximate surface area is 139 Å². The molecular weight excluding hydrogens is 316 g/mol. The van der Waals surface area contributed by atoms with Crippen molar-refractivity contribution in [1.29, 1.82) is 0 Å². The molecule has 0 heterocycles. The number of hydrogen-bond donors (Lipinski definition) is 2. The summed E-state index contributed by atoms with van der Waals surface area (Å²) in [6, 6.07) is 16.0. The zero-order valence-corrected chi connectivity index (χ0v) is 13.3. The topological polar surface area (TPSA) is 67.4 Å². The lowest BCUT2D eigenvalue weighted by Crippen LogP contribution is -2.42. The van der Waals surface area contributed by atoms with Crippen LogP contribution in [0.5, 0.6) is 0 Å². The number of amides is 2. The smallest absolute Gasteiger partial charge is 0.426 e. The fraction of sp³-hybridized carbons (Fsp3) is 0.176. The van der Waals surface area contributed by atoms with Crippen LogP contribution >= 0.6 is 11.6 Å². The minimum atomic E-state index is -0.713. The van der Waals surface area contributed by atoms with Gasteiger partial charge in [-0.1, -0.05) is 48.9 Å². The lowest BCUT2D eigenvalue weighted by Gasteiger charge is -2.13. The minimum Gasteiger partial charge on any atom is -0.448 e. The maximum atomic E-state index is 11.8. The Balaban J connectivity index is 1.75. The Kier molecular flexibility index (Phi) is 6.00. The number of halogens is 1. The van der Waals surface area contributed by atoms with Crippen LogP contribution in [0.1, 0.15) is 28.8 Å². The van der Waals surface area contributed by atoms with E-state index in [4.69, 9.17) is 16.3 Å². The van der Waals surface area contributed by atoms with Crippen molar-refractivity contribution in [2.24, 2.45) is 0 Å². The normalized spacial score (nSPS) is 11.4. The number of hydrazine groups is 1. The molecular formula is C17H17ClN2O3. The summed E-state index contributed by atoms with van der Waals surface area (Å²) in [7, 11) is 0. The SMILES string of the molecule is CC(COC(=O)NNC(=O)c1ccc(Cl)cc1)c1ccccc1. The Hall–Kier alpha value is -2.53. The molecule has 6 heteroatoms. The van der Waals surface area contributed by atoms with Crippen molar-refractivity contribution in [3.63, 3.8) is 0 Å². The molecule has 2 aromatic rings. The van der Waals surface area contributed by atoms with E-state index in [1.807, 2.05) is 37.3 Å². The zero-order chi connectivity index (χ0) is 16.7. The quantitative estimate of drug-likeness (QED) is 0.842. The molecule has 0 saturated carbocycles. The first-order valence-corrected chi connectivity index (χ1v) is 7.47. The van der Waals surface area contributed by atoms with E-state index in [9.17, 15) is 9.59 Å². The van der Waals surface area contributed by atoms with Crippen molar-refractivity contribution in [3.8, 4) is 0 Å². The molecule has 0 spiro atoms. The van der Waals surface area contributed by atoms with Crippen molar-refractivity contribution in [2.75, 3.05) is 6.61 Å². The first kappa shape index (κ1) is 16.8. The number of nitrogens with one attached hydrogen (secondary N) is 2. The van der Waals surface area contributed by atoms with Crippen molar-refractivity contribution in [2.45, 2.75) is 12.8 Å². The summed E-state index contributed by atoms with van der Waals surface area (Å²) in [4.78, 5) is 23.4. The standard InChI is InChI=1S/C17H17ClN2O3/c1-12(13-5-3-2-4-6-13)11-23-17(22)20-19-16(21)14-7-9-15(18)10-8-14/h2-10,12H,11H2,1H3,(H,19,21)(H,20,22). The predicted molar refractivity (Wildman–Crippen MR) is 88.3 cm³/mol. The van der Waals surface area contributed by atoms with E-state index in [2.05, 4.69) is 10.9 Å². The summed E-state index contributed by atoms with van der Waals surface area (Å²) >= 11 is 5.74. The maximum Gasteiger partial charge on any atom is 0.426 e. The fourth-order valence-electron chi connectivity index (χ4n) is 1.90. The molecule has 2 aromatic carbocycles. The van der Waals surface area contributed by atoms with Gasteiger partial charge in [0.1, 0.15) is 0 Å². The van der Waals surface area contributed by atoms with Crippen LogP contribution in [0.2, 0.25) is 5.02 Å². The highest BCUT2D eigenvalue weighted by Gasteiger charge is 2.10. The Morgan fingerprint density at radius 2 is 1.70 bits per heavy atom. The van der Waals surface area contributed by atoms with Gasteiger partial charge in [0.2, 0.25) is 0 Å². The number of carbonyl (C=O) groups is 2. The molecule has 2 N–H and O–H groups in total. The first-order chi connectivity index (χ1) is 11.1. The summed E-state index contributed by atoms with van der Waals surface area (Å²) in [6.45, 7) is 2.17.